The first kappa shape index (κ1) is 10.4. The van der Waals surface area contributed by atoms with E-state index in [1.807, 2.05) is 0 Å². The number of aliphatic carboxylic acids is 1. The highest BCUT2D eigenvalue weighted by Crippen LogP contribution is 2.18. The van der Waals surface area contributed by atoms with Gasteiger partial charge in [-0.05, 0) is 12.8 Å². The Morgan fingerprint density at radius 2 is 2.36 bits per heavy atom. The second-order valence-corrected chi connectivity index (χ2v) is 2.95. The molecule has 1 heterocycles. The van der Waals surface area contributed by atoms with E-state index >= 15 is 0 Å². The molecule has 5 heteroatoms. The molecule has 1 atom stereocenters. The lowest BCUT2D eigenvalue weighted by Gasteiger charge is -2.19. The molecule has 1 saturated heterocycles. The summed E-state index contributed by atoms with van der Waals surface area (Å²) in [5, 5.41) is 8.77. The molecule has 0 unspecified atom stereocenters. The van der Waals surface area contributed by atoms with Gasteiger partial charge in [0.1, 0.15) is 6.04 Å². The van der Waals surface area contributed by atoms with Crippen molar-refractivity contribution >= 4 is 12.1 Å². The van der Waals surface area contributed by atoms with Crippen molar-refractivity contribution in [3.63, 3.8) is 0 Å². The van der Waals surface area contributed by atoms with E-state index in [1.165, 1.54) is 4.90 Å². The number of hydrogen-bond donors (Lipinski definition) is 1. The van der Waals surface area contributed by atoms with Crippen LogP contribution in [-0.4, -0.2) is 41.3 Å². The van der Waals surface area contributed by atoms with Crippen LogP contribution in [-0.2, 0) is 9.53 Å². The van der Waals surface area contributed by atoms with E-state index in [0.717, 1.165) is 0 Å². The summed E-state index contributed by atoms with van der Waals surface area (Å²) in [6.07, 6.45) is 5.42. The van der Waals surface area contributed by atoms with E-state index in [0.29, 0.717) is 19.4 Å². The van der Waals surface area contributed by atoms with E-state index in [2.05, 4.69) is 10.7 Å². The maximum Gasteiger partial charge on any atom is 0.411 e. The normalized spacial score (nSPS) is 20.2. The van der Waals surface area contributed by atoms with Crippen LogP contribution in [0.15, 0.2) is 0 Å². The molecule has 76 valence electrons. The molecule has 0 aromatic rings. The SMILES string of the molecule is C#CCOC(=O)N1CCC[C@@H]1C(=O)O. The zero-order valence-corrected chi connectivity index (χ0v) is 7.60. The van der Waals surface area contributed by atoms with Crippen molar-refractivity contribution in [3.05, 3.63) is 0 Å². The molecule has 5 nitrogen and oxygen atoms in total. The highest BCUT2D eigenvalue weighted by molar-refractivity contribution is 5.80. The molecule has 0 aromatic heterocycles. The van der Waals surface area contributed by atoms with Gasteiger partial charge in [-0.1, -0.05) is 5.92 Å². The Balaban J connectivity index is 2.54. The number of nitrogens with zero attached hydrogens (tertiary/aromatic N) is 1. The third-order valence-corrected chi connectivity index (χ3v) is 2.05. The highest BCUT2D eigenvalue weighted by atomic mass is 16.6. The molecule has 0 saturated carbocycles. The van der Waals surface area contributed by atoms with Crippen molar-refractivity contribution < 1.29 is 19.4 Å². The first-order chi connectivity index (χ1) is 6.66. The second-order valence-electron chi connectivity index (χ2n) is 2.95. The molecular weight excluding hydrogens is 186 g/mol. The summed E-state index contributed by atoms with van der Waals surface area (Å²) >= 11 is 0. The predicted octanol–water partition coefficient (Wildman–Crippen LogP) is 0.305. The minimum absolute atomic E-state index is 0.123. The standard InChI is InChI=1S/C9H11NO4/c1-2-6-14-9(13)10-5-3-4-7(10)8(11)12/h1,7H,3-6H2,(H,11,12)/t7-/m1/s1. The topological polar surface area (TPSA) is 66.8 Å². The number of hydrogen-bond acceptors (Lipinski definition) is 3. The fourth-order valence-electron chi connectivity index (χ4n) is 1.43. The van der Waals surface area contributed by atoms with E-state index in [9.17, 15) is 9.59 Å². The molecular formula is C9H11NO4. The fraction of sp³-hybridized carbons (Fsp3) is 0.556. The minimum Gasteiger partial charge on any atom is -0.480 e. The van der Waals surface area contributed by atoms with Gasteiger partial charge in [0.2, 0.25) is 0 Å². The van der Waals surface area contributed by atoms with Gasteiger partial charge in [-0.3, -0.25) is 4.90 Å². The number of ether oxygens (including phenoxy) is 1. The van der Waals surface area contributed by atoms with E-state index in [-0.39, 0.29) is 6.61 Å². The van der Waals surface area contributed by atoms with Crippen LogP contribution in [0.4, 0.5) is 4.79 Å². The second kappa shape index (κ2) is 4.51. The molecule has 1 rings (SSSR count). The maximum absolute atomic E-state index is 11.3. The number of carboxylic acids is 1. The molecule has 1 N–H and O–H groups in total. The zero-order chi connectivity index (χ0) is 10.6. The van der Waals surface area contributed by atoms with Crippen LogP contribution in [0.1, 0.15) is 12.8 Å². The van der Waals surface area contributed by atoms with Crippen LogP contribution in [0.3, 0.4) is 0 Å². The molecule has 1 aliphatic rings. The number of carbonyl (C=O) groups excluding carboxylic acids is 1. The molecule has 1 aliphatic heterocycles. The highest BCUT2D eigenvalue weighted by Gasteiger charge is 2.34. The average Bonchev–Trinajstić information content (AvgIpc) is 2.62. The van der Waals surface area contributed by atoms with Crippen molar-refractivity contribution in [1.82, 2.24) is 4.90 Å². The van der Waals surface area contributed by atoms with Crippen LogP contribution in [0, 0.1) is 12.3 Å². The Morgan fingerprint density at radius 3 is 2.93 bits per heavy atom. The first-order valence-corrected chi connectivity index (χ1v) is 4.26. The molecule has 1 fully saturated rings. The number of amides is 1. The monoisotopic (exact) mass is 197 g/mol. The van der Waals surface area contributed by atoms with E-state index in [4.69, 9.17) is 11.5 Å². The number of terminal acetylenes is 1. The van der Waals surface area contributed by atoms with Crippen molar-refractivity contribution in [2.45, 2.75) is 18.9 Å². The Labute approximate surface area is 81.6 Å². The van der Waals surface area contributed by atoms with Gasteiger partial charge in [0.15, 0.2) is 6.61 Å². The lowest BCUT2D eigenvalue weighted by Crippen LogP contribution is -2.40. The summed E-state index contributed by atoms with van der Waals surface area (Å²) in [5.41, 5.74) is 0. The first-order valence-electron chi connectivity index (χ1n) is 4.26. The van der Waals surface area contributed by atoms with Crippen molar-refractivity contribution in [2.24, 2.45) is 0 Å². The van der Waals surface area contributed by atoms with E-state index in [1.54, 1.807) is 0 Å². The zero-order valence-electron chi connectivity index (χ0n) is 7.60. The van der Waals surface area contributed by atoms with Gasteiger partial charge >= 0.3 is 12.1 Å². The van der Waals surface area contributed by atoms with Gasteiger partial charge in [0.25, 0.3) is 0 Å². The Bertz CT molecular complexity index is 281. The van der Waals surface area contributed by atoms with Gasteiger partial charge in [-0.15, -0.1) is 6.42 Å². The van der Waals surface area contributed by atoms with Gasteiger partial charge in [0.05, 0.1) is 0 Å². The maximum atomic E-state index is 11.3. The van der Waals surface area contributed by atoms with Crippen LogP contribution >= 0.6 is 0 Å². The van der Waals surface area contributed by atoms with Crippen molar-refractivity contribution in [3.8, 4) is 12.3 Å². The predicted molar refractivity (Wildman–Crippen MR) is 47.5 cm³/mol. The van der Waals surface area contributed by atoms with Gasteiger partial charge in [-0.25, -0.2) is 9.59 Å². The Kier molecular flexibility index (Phi) is 3.35. The molecule has 0 bridgehead atoms. The third-order valence-electron chi connectivity index (χ3n) is 2.05. The van der Waals surface area contributed by atoms with Crippen LogP contribution in [0.2, 0.25) is 0 Å². The van der Waals surface area contributed by atoms with Crippen LogP contribution < -0.4 is 0 Å². The van der Waals surface area contributed by atoms with Gasteiger partial charge in [0, 0.05) is 6.54 Å². The van der Waals surface area contributed by atoms with Crippen molar-refractivity contribution in [1.29, 1.82) is 0 Å². The Morgan fingerprint density at radius 1 is 1.64 bits per heavy atom. The summed E-state index contributed by atoms with van der Waals surface area (Å²) < 4.78 is 4.64. The van der Waals surface area contributed by atoms with Crippen molar-refractivity contribution in [2.75, 3.05) is 13.2 Å². The lowest BCUT2D eigenvalue weighted by molar-refractivity contribution is -0.141. The molecule has 0 radical (unpaired) electrons. The van der Waals surface area contributed by atoms with Gasteiger partial charge < -0.3 is 9.84 Å². The molecule has 1 amide bonds. The summed E-state index contributed by atoms with van der Waals surface area (Å²) in [6.45, 7) is 0.294. The molecule has 14 heavy (non-hydrogen) atoms. The number of rotatable bonds is 2. The minimum atomic E-state index is -1.000. The van der Waals surface area contributed by atoms with Crippen LogP contribution in [0.5, 0.6) is 0 Å². The number of likely N-dealkylation sites (tertiary alicyclic amines) is 1. The number of carbonyl (C=O) groups is 2. The quantitative estimate of drug-likeness (QED) is 0.647. The summed E-state index contributed by atoms with van der Waals surface area (Å²) in [5.74, 6) is 1.15. The smallest absolute Gasteiger partial charge is 0.411 e. The molecule has 0 aromatic carbocycles. The van der Waals surface area contributed by atoms with Gasteiger partial charge in [-0.2, -0.15) is 0 Å². The van der Waals surface area contributed by atoms with E-state index < -0.39 is 18.1 Å². The summed E-state index contributed by atoms with van der Waals surface area (Å²) in [4.78, 5) is 23.2. The van der Waals surface area contributed by atoms with Crippen LogP contribution in [0.25, 0.3) is 0 Å². The largest absolute Gasteiger partial charge is 0.480 e. The Hall–Kier alpha value is -1.70. The fourth-order valence-corrected chi connectivity index (χ4v) is 1.43. The summed E-state index contributed by atoms with van der Waals surface area (Å²) in [6, 6.07) is -0.764. The summed E-state index contributed by atoms with van der Waals surface area (Å²) in [7, 11) is 0. The molecule has 0 spiro atoms. The number of carboxylic acid groups (broad SMARTS) is 1. The lowest BCUT2D eigenvalue weighted by atomic mass is 10.2. The average molecular weight is 197 g/mol. The molecule has 0 aliphatic carbocycles. The third kappa shape index (κ3) is 2.16.